The molecular formula is C22H25BrN4O3. The number of amides is 3. The molecule has 1 heterocycles. The largest absolute Gasteiger partial charge is 0.349 e. The van der Waals surface area contributed by atoms with Crippen LogP contribution in [0.2, 0.25) is 0 Å². The van der Waals surface area contributed by atoms with E-state index < -0.39 is 0 Å². The van der Waals surface area contributed by atoms with Gasteiger partial charge in [0.15, 0.2) is 0 Å². The van der Waals surface area contributed by atoms with Gasteiger partial charge < -0.3 is 16.0 Å². The van der Waals surface area contributed by atoms with Gasteiger partial charge in [0.05, 0.1) is 18.8 Å². The van der Waals surface area contributed by atoms with Gasteiger partial charge in [0.25, 0.3) is 5.91 Å². The first-order valence-electron chi connectivity index (χ1n) is 9.90. The summed E-state index contributed by atoms with van der Waals surface area (Å²) in [6.45, 7) is 1.60. The molecule has 1 aliphatic rings. The van der Waals surface area contributed by atoms with Gasteiger partial charge in [-0.05, 0) is 53.0 Å². The minimum Gasteiger partial charge on any atom is -0.349 e. The average molecular weight is 473 g/mol. The maximum absolute atomic E-state index is 12.2. The second-order valence-corrected chi connectivity index (χ2v) is 8.05. The summed E-state index contributed by atoms with van der Waals surface area (Å²) in [6.07, 6.45) is 1.57. The molecule has 0 bridgehead atoms. The number of nitrogens with one attached hydrogen (secondary N) is 3. The van der Waals surface area contributed by atoms with Crippen LogP contribution >= 0.6 is 15.9 Å². The maximum atomic E-state index is 12.2. The van der Waals surface area contributed by atoms with E-state index in [-0.39, 0.29) is 36.9 Å². The monoisotopic (exact) mass is 472 g/mol. The highest BCUT2D eigenvalue weighted by molar-refractivity contribution is 9.10. The smallest absolute Gasteiger partial charge is 0.251 e. The predicted octanol–water partition coefficient (Wildman–Crippen LogP) is 2.40. The lowest BCUT2D eigenvalue weighted by molar-refractivity contribution is -0.125. The lowest BCUT2D eigenvalue weighted by Gasteiger charge is -2.31. The Labute approximate surface area is 184 Å². The fourth-order valence-corrected chi connectivity index (χ4v) is 3.67. The van der Waals surface area contributed by atoms with Gasteiger partial charge in [0.1, 0.15) is 0 Å². The topological polar surface area (TPSA) is 90.5 Å². The summed E-state index contributed by atoms with van der Waals surface area (Å²) in [5, 5.41) is 8.46. The lowest BCUT2D eigenvalue weighted by Crippen LogP contribution is -2.48. The lowest BCUT2D eigenvalue weighted by atomic mass is 10.0. The van der Waals surface area contributed by atoms with E-state index in [2.05, 4.69) is 31.9 Å². The van der Waals surface area contributed by atoms with Crippen molar-refractivity contribution in [2.45, 2.75) is 18.9 Å². The van der Waals surface area contributed by atoms with E-state index >= 15 is 0 Å². The van der Waals surface area contributed by atoms with E-state index in [9.17, 15) is 14.4 Å². The van der Waals surface area contributed by atoms with Crippen LogP contribution in [-0.2, 0) is 9.59 Å². The Hall–Kier alpha value is -2.71. The van der Waals surface area contributed by atoms with Crippen LogP contribution in [0.5, 0.6) is 0 Å². The van der Waals surface area contributed by atoms with E-state index in [0.717, 1.165) is 30.4 Å². The number of rotatable bonds is 7. The highest BCUT2D eigenvalue weighted by Crippen LogP contribution is 2.20. The van der Waals surface area contributed by atoms with Gasteiger partial charge in [0, 0.05) is 29.2 Å². The van der Waals surface area contributed by atoms with Crippen molar-refractivity contribution >= 4 is 39.3 Å². The Balaban J connectivity index is 1.34. The molecule has 2 aromatic carbocycles. The van der Waals surface area contributed by atoms with Crippen molar-refractivity contribution in [2.75, 3.05) is 31.5 Å². The molecule has 1 saturated heterocycles. The van der Waals surface area contributed by atoms with Gasteiger partial charge in [-0.2, -0.15) is 0 Å². The van der Waals surface area contributed by atoms with E-state index in [0.29, 0.717) is 11.3 Å². The number of hydrogen-bond donors (Lipinski definition) is 3. The summed E-state index contributed by atoms with van der Waals surface area (Å²) in [4.78, 5) is 38.5. The third-order valence-corrected chi connectivity index (χ3v) is 5.61. The maximum Gasteiger partial charge on any atom is 0.251 e. The first-order valence-corrected chi connectivity index (χ1v) is 10.7. The van der Waals surface area contributed by atoms with E-state index in [1.807, 2.05) is 41.3 Å². The van der Waals surface area contributed by atoms with Crippen LogP contribution in [0.4, 0.5) is 5.69 Å². The highest BCUT2D eigenvalue weighted by Gasteiger charge is 2.22. The SMILES string of the molecule is O=C(CN1CCC(NC(=O)c2ccccc2)CC1)NCC(=O)Nc1ccccc1Br. The van der Waals surface area contributed by atoms with Gasteiger partial charge in [-0.15, -0.1) is 0 Å². The summed E-state index contributed by atoms with van der Waals surface area (Å²) in [5.74, 6) is -0.538. The van der Waals surface area contributed by atoms with Crippen molar-refractivity contribution in [3.05, 3.63) is 64.6 Å². The molecule has 2 aromatic rings. The molecule has 8 heteroatoms. The Morgan fingerprint density at radius 3 is 2.30 bits per heavy atom. The van der Waals surface area contributed by atoms with Gasteiger partial charge >= 0.3 is 0 Å². The quantitative estimate of drug-likeness (QED) is 0.576. The molecule has 0 radical (unpaired) electrons. The minimum atomic E-state index is -0.280. The third-order valence-electron chi connectivity index (χ3n) is 4.92. The molecule has 0 aromatic heterocycles. The fourth-order valence-electron chi connectivity index (χ4n) is 3.29. The summed E-state index contributed by atoms with van der Waals surface area (Å²) < 4.78 is 0.784. The normalized spacial score (nSPS) is 14.7. The Kier molecular flexibility index (Phi) is 7.98. The zero-order valence-corrected chi connectivity index (χ0v) is 18.2. The molecule has 3 rings (SSSR count). The number of anilines is 1. The van der Waals surface area contributed by atoms with Crippen LogP contribution in [0.3, 0.4) is 0 Å². The van der Waals surface area contributed by atoms with Crippen LogP contribution in [-0.4, -0.2) is 54.8 Å². The number of hydrogen-bond acceptors (Lipinski definition) is 4. The number of carbonyl (C=O) groups excluding carboxylic acids is 3. The highest BCUT2D eigenvalue weighted by atomic mass is 79.9. The zero-order valence-electron chi connectivity index (χ0n) is 16.6. The van der Waals surface area contributed by atoms with Crippen LogP contribution in [0.1, 0.15) is 23.2 Å². The number of benzene rings is 2. The molecule has 158 valence electrons. The van der Waals surface area contributed by atoms with Gasteiger partial charge in [-0.3, -0.25) is 19.3 Å². The fraction of sp³-hybridized carbons (Fsp3) is 0.318. The molecule has 1 fully saturated rings. The molecule has 7 nitrogen and oxygen atoms in total. The molecule has 0 atom stereocenters. The number of piperidine rings is 1. The molecule has 0 saturated carbocycles. The first-order chi connectivity index (χ1) is 14.5. The zero-order chi connectivity index (χ0) is 21.3. The van der Waals surface area contributed by atoms with Crippen molar-refractivity contribution in [1.82, 2.24) is 15.5 Å². The molecule has 1 aliphatic heterocycles. The van der Waals surface area contributed by atoms with Crippen molar-refractivity contribution < 1.29 is 14.4 Å². The summed E-state index contributed by atoms with van der Waals surface area (Å²) >= 11 is 3.37. The number of halogens is 1. The number of likely N-dealkylation sites (tertiary alicyclic amines) is 1. The van der Waals surface area contributed by atoms with Gasteiger partial charge in [0.2, 0.25) is 11.8 Å². The number of carbonyl (C=O) groups is 3. The minimum absolute atomic E-state index is 0.0668. The molecule has 3 amide bonds. The summed E-state index contributed by atoms with van der Waals surface area (Å²) in [7, 11) is 0. The third kappa shape index (κ3) is 6.67. The van der Waals surface area contributed by atoms with Crippen molar-refractivity contribution in [3.63, 3.8) is 0 Å². The van der Waals surface area contributed by atoms with Gasteiger partial charge in [-0.1, -0.05) is 30.3 Å². The molecule has 0 unspecified atom stereocenters. The number of nitrogens with zero attached hydrogens (tertiary/aromatic N) is 1. The Bertz CT molecular complexity index is 883. The van der Waals surface area contributed by atoms with Crippen LogP contribution in [0.15, 0.2) is 59.1 Å². The standard InChI is InChI=1S/C22H25BrN4O3/c23-18-8-4-5-9-19(18)26-20(28)14-24-21(29)15-27-12-10-17(11-13-27)25-22(30)16-6-2-1-3-7-16/h1-9,17H,10-15H2,(H,24,29)(H,25,30)(H,26,28). The van der Waals surface area contributed by atoms with Crippen molar-refractivity contribution in [2.24, 2.45) is 0 Å². The molecule has 3 N–H and O–H groups in total. The molecular weight excluding hydrogens is 448 g/mol. The van der Waals surface area contributed by atoms with E-state index in [1.54, 1.807) is 18.2 Å². The summed E-state index contributed by atoms with van der Waals surface area (Å²) in [6, 6.07) is 16.6. The first kappa shape index (κ1) is 22.0. The summed E-state index contributed by atoms with van der Waals surface area (Å²) in [5.41, 5.74) is 1.32. The Morgan fingerprint density at radius 1 is 0.933 bits per heavy atom. The van der Waals surface area contributed by atoms with E-state index in [4.69, 9.17) is 0 Å². The Morgan fingerprint density at radius 2 is 1.60 bits per heavy atom. The molecule has 30 heavy (non-hydrogen) atoms. The molecule has 0 aliphatic carbocycles. The van der Waals surface area contributed by atoms with Crippen LogP contribution < -0.4 is 16.0 Å². The molecule has 0 spiro atoms. The average Bonchev–Trinajstić information content (AvgIpc) is 2.76. The number of para-hydroxylation sites is 1. The second kappa shape index (κ2) is 10.9. The second-order valence-electron chi connectivity index (χ2n) is 7.19. The van der Waals surface area contributed by atoms with Crippen molar-refractivity contribution in [1.29, 1.82) is 0 Å². The predicted molar refractivity (Wildman–Crippen MR) is 119 cm³/mol. The van der Waals surface area contributed by atoms with E-state index in [1.165, 1.54) is 0 Å². The van der Waals surface area contributed by atoms with Crippen LogP contribution in [0, 0.1) is 0 Å². The van der Waals surface area contributed by atoms with Gasteiger partial charge in [-0.25, -0.2) is 0 Å². The van der Waals surface area contributed by atoms with Crippen molar-refractivity contribution in [3.8, 4) is 0 Å². The van der Waals surface area contributed by atoms with Crippen LogP contribution in [0.25, 0.3) is 0 Å².